The first kappa shape index (κ1) is 11.5. The summed E-state index contributed by atoms with van der Waals surface area (Å²) in [5.41, 5.74) is -0.161. The van der Waals surface area contributed by atoms with E-state index in [1.54, 1.807) is 17.8 Å². The molecule has 1 N–H and O–H groups in total. The zero-order valence-corrected chi connectivity index (χ0v) is 9.67. The van der Waals surface area contributed by atoms with E-state index in [2.05, 4.69) is 12.0 Å². The Kier molecular flexibility index (Phi) is 3.56. The highest BCUT2D eigenvalue weighted by molar-refractivity contribution is 6.31. The van der Waals surface area contributed by atoms with Gasteiger partial charge in [-0.3, -0.25) is 4.68 Å². The highest BCUT2D eigenvalue weighted by Crippen LogP contribution is 2.30. The number of aromatic nitrogens is 2. The fourth-order valence-electron chi connectivity index (χ4n) is 1.45. The first-order valence-electron chi connectivity index (χ1n) is 4.97. The molecule has 14 heavy (non-hydrogen) atoms. The summed E-state index contributed by atoms with van der Waals surface area (Å²) in [4.78, 5) is 0. The van der Waals surface area contributed by atoms with Crippen LogP contribution in [0.2, 0.25) is 5.02 Å². The van der Waals surface area contributed by atoms with Gasteiger partial charge in [0.25, 0.3) is 0 Å². The second-order valence-corrected chi connectivity index (χ2v) is 4.10. The number of aryl methyl sites for hydroxylation is 1. The third-order valence-corrected chi connectivity index (χ3v) is 2.71. The van der Waals surface area contributed by atoms with Crippen molar-refractivity contribution in [1.82, 2.24) is 9.78 Å². The van der Waals surface area contributed by atoms with Crippen molar-refractivity contribution >= 4 is 11.6 Å². The van der Waals surface area contributed by atoms with Gasteiger partial charge in [0.1, 0.15) is 5.60 Å². The molecule has 0 amide bonds. The minimum atomic E-state index is -0.886. The Bertz CT molecular complexity index is 307. The summed E-state index contributed by atoms with van der Waals surface area (Å²) >= 11 is 6.00. The predicted molar refractivity (Wildman–Crippen MR) is 57.4 cm³/mol. The van der Waals surface area contributed by atoms with E-state index < -0.39 is 5.60 Å². The lowest BCUT2D eigenvalue weighted by Gasteiger charge is -2.23. The Hall–Kier alpha value is -0.540. The Morgan fingerprint density at radius 2 is 2.21 bits per heavy atom. The monoisotopic (exact) mass is 216 g/mol. The number of aliphatic hydroxyl groups is 1. The summed E-state index contributed by atoms with van der Waals surface area (Å²) in [5, 5.41) is 14.8. The zero-order valence-electron chi connectivity index (χ0n) is 8.92. The highest BCUT2D eigenvalue weighted by Gasteiger charge is 2.28. The molecule has 1 aromatic heterocycles. The predicted octanol–water partition coefficient (Wildman–Crippen LogP) is 2.56. The van der Waals surface area contributed by atoms with Gasteiger partial charge in [0.15, 0.2) is 0 Å². The van der Waals surface area contributed by atoms with Crippen molar-refractivity contribution in [2.45, 2.75) is 45.8 Å². The van der Waals surface area contributed by atoms with Gasteiger partial charge in [-0.25, -0.2) is 0 Å². The summed E-state index contributed by atoms with van der Waals surface area (Å²) in [6, 6.07) is 0. The maximum absolute atomic E-state index is 10.1. The lowest BCUT2D eigenvalue weighted by molar-refractivity contribution is 0.0434. The van der Waals surface area contributed by atoms with Crippen molar-refractivity contribution in [3.05, 3.63) is 16.9 Å². The third-order valence-electron chi connectivity index (χ3n) is 2.43. The van der Waals surface area contributed by atoms with Crippen molar-refractivity contribution in [1.29, 1.82) is 0 Å². The molecule has 0 saturated heterocycles. The SMILES string of the molecule is CCCn1ncc(Cl)c1C(C)(O)CC. The van der Waals surface area contributed by atoms with Crippen molar-refractivity contribution in [2.75, 3.05) is 0 Å². The molecular weight excluding hydrogens is 200 g/mol. The zero-order chi connectivity index (χ0) is 10.8. The highest BCUT2D eigenvalue weighted by atomic mass is 35.5. The molecule has 1 heterocycles. The molecular formula is C10H17ClN2O. The van der Waals surface area contributed by atoms with Crippen molar-refractivity contribution < 1.29 is 5.11 Å². The fourth-order valence-corrected chi connectivity index (χ4v) is 1.79. The van der Waals surface area contributed by atoms with E-state index in [9.17, 15) is 5.11 Å². The standard InChI is InChI=1S/C10H17ClN2O/c1-4-6-13-9(8(11)7-12-13)10(3,14)5-2/h7,14H,4-6H2,1-3H3. The largest absolute Gasteiger partial charge is 0.384 e. The molecule has 4 heteroatoms. The number of halogens is 1. The van der Waals surface area contributed by atoms with Gasteiger partial charge in [-0.15, -0.1) is 0 Å². The number of nitrogens with zero attached hydrogens (tertiary/aromatic N) is 2. The van der Waals surface area contributed by atoms with E-state index in [-0.39, 0.29) is 0 Å². The molecule has 0 fully saturated rings. The van der Waals surface area contributed by atoms with E-state index in [0.717, 1.165) is 18.7 Å². The van der Waals surface area contributed by atoms with Crippen molar-refractivity contribution in [3.63, 3.8) is 0 Å². The average molecular weight is 217 g/mol. The molecule has 1 aromatic rings. The van der Waals surface area contributed by atoms with Crippen LogP contribution in [0.25, 0.3) is 0 Å². The van der Waals surface area contributed by atoms with Gasteiger partial charge in [-0.2, -0.15) is 5.10 Å². The molecule has 0 aliphatic carbocycles. The van der Waals surface area contributed by atoms with E-state index >= 15 is 0 Å². The van der Waals surface area contributed by atoms with Crippen LogP contribution in [0.3, 0.4) is 0 Å². The minimum Gasteiger partial charge on any atom is -0.384 e. The van der Waals surface area contributed by atoms with Crippen molar-refractivity contribution in [3.8, 4) is 0 Å². The van der Waals surface area contributed by atoms with E-state index in [4.69, 9.17) is 11.6 Å². The van der Waals surface area contributed by atoms with Crippen LogP contribution in [-0.4, -0.2) is 14.9 Å². The molecule has 0 radical (unpaired) electrons. The molecule has 1 rings (SSSR count). The quantitative estimate of drug-likeness (QED) is 0.840. The molecule has 1 unspecified atom stereocenters. The number of hydrogen-bond donors (Lipinski definition) is 1. The first-order chi connectivity index (χ1) is 6.53. The van der Waals surface area contributed by atoms with E-state index in [1.807, 2.05) is 6.92 Å². The first-order valence-corrected chi connectivity index (χ1v) is 5.35. The summed E-state index contributed by atoms with van der Waals surface area (Å²) < 4.78 is 1.78. The van der Waals surface area contributed by atoms with Crippen LogP contribution in [0.5, 0.6) is 0 Å². The van der Waals surface area contributed by atoms with Gasteiger partial charge in [-0.05, 0) is 19.8 Å². The van der Waals surface area contributed by atoms with Gasteiger partial charge in [-0.1, -0.05) is 25.4 Å². The normalized spacial score (nSPS) is 15.5. The lowest BCUT2D eigenvalue weighted by atomic mass is 9.99. The Balaban J connectivity index is 3.10. The summed E-state index contributed by atoms with van der Waals surface area (Å²) in [7, 11) is 0. The third kappa shape index (κ3) is 2.10. The van der Waals surface area contributed by atoms with Crippen LogP contribution in [0.15, 0.2) is 6.20 Å². The maximum Gasteiger partial charge on any atom is 0.105 e. The molecule has 80 valence electrons. The van der Waals surface area contributed by atoms with Gasteiger partial charge in [0, 0.05) is 6.54 Å². The average Bonchev–Trinajstić information content (AvgIpc) is 2.48. The Morgan fingerprint density at radius 3 is 2.71 bits per heavy atom. The number of rotatable bonds is 4. The number of hydrogen-bond acceptors (Lipinski definition) is 2. The summed E-state index contributed by atoms with van der Waals surface area (Å²) in [5.74, 6) is 0. The molecule has 0 spiro atoms. The Morgan fingerprint density at radius 1 is 1.57 bits per heavy atom. The second-order valence-electron chi connectivity index (χ2n) is 3.69. The molecule has 0 aromatic carbocycles. The fraction of sp³-hybridized carbons (Fsp3) is 0.700. The molecule has 0 aliphatic rings. The maximum atomic E-state index is 10.1. The van der Waals surface area contributed by atoms with Gasteiger partial charge in [0.2, 0.25) is 0 Å². The summed E-state index contributed by atoms with van der Waals surface area (Å²) in [6.07, 6.45) is 3.20. The molecule has 3 nitrogen and oxygen atoms in total. The van der Waals surface area contributed by atoms with Crippen LogP contribution in [-0.2, 0) is 12.1 Å². The Labute approximate surface area is 89.7 Å². The molecule has 0 aliphatic heterocycles. The molecule has 1 atom stereocenters. The van der Waals surface area contributed by atoms with E-state index in [1.165, 1.54) is 0 Å². The molecule has 0 bridgehead atoms. The van der Waals surface area contributed by atoms with Gasteiger partial charge in [0.05, 0.1) is 16.9 Å². The van der Waals surface area contributed by atoms with Crippen LogP contribution in [0.4, 0.5) is 0 Å². The van der Waals surface area contributed by atoms with Crippen LogP contribution in [0.1, 0.15) is 39.3 Å². The minimum absolute atomic E-state index is 0.547. The smallest absolute Gasteiger partial charge is 0.105 e. The second kappa shape index (κ2) is 4.32. The van der Waals surface area contributed by atoms with Crippen LogP contribution in [0, 0.1) is 0 Å². The van der Waals surface area contributed by atoms with Gasteiger partial charge >= 0.3 is 0 Å². The lowest BCUT2D eigenvalue weighted by Crippen LogP contribution is -2.25. The molecule has 0 saturated carbocycles. The van der Waals surface area contributed by atoms with Crippen LogP contribution >= 0.6 is 11.6 Å². The van der Waals surface area contributed by atoms with Crippen LogP contribution < -0.4 is 0 Å². The summed E-state index contributed by atoms with van der Waals surface area (Å²) in [6.45, 7) is 6.56. The van der Waals surface area contributed by atoms with Gasteiger partial charge < -0.3 is 5.11 Å². The van der Waals surface area contributed by atoms with Crippen molar-refractivity contribution in [2.24, 2.45) is 0 Å². The van der Waals surface area contributed by atoms with E-state index in [0.29, 0.717) is 11.4 Å². The topological polar surface area (TPSA) is 38.0 Å².